The van der Waals surface area contributed by atoms with Gasteiger partial charge in [-0.05, 0) is 95.7 Å². The van der Waals surface area contributed by atoms with Crippen LogP contribution >= 0.6 is 0 Å². The van der Waals surface area contributed by atoms with Gasteiger partial charge in [-0.2, -0.15) is 5.26 Å². The summed E-state index contributed by atoms with van der Waals surface area (Å²) in [6.07, 6.45) is 0. The van der Waals surface area contributed by atoms with E-state index in [2.05, 4.69) is 115 Å². The second-order valence-corrected chi connectivity index (χ2v) is 9.32. The van der Waals surface area contributed by atoms with Crippen molar-refractivity contribution in [2.24, 2.45) is 0 Å². The summed E-state index contributed by atoms with van der Waals surface area (Å²) < 4.78 is 0. The van der Waals surface area contributed by atoms with E-state index in [9.17, 15) is 5.26 Å². The molecule has 0 amide bonds. The second kappa shape index (κ2) is 8.08. The molecule has 0 N–H and O–H groups in total. The summed E-state index contributed by atoms with van der Waals surface area (Å²) in [5.74, 6) is 0. The molecule has 0 atom stereocenters. The van der Waals surface area contributed by atoms with Gasteiger partial charge in [0.05, 0.1) is 11.6 Å². The van der Waals surface area contributed by atoms with Gasteiger partial charge in [-0.25, -0.2) is 0 Å². The van der Waals surface area contributed by atoms with E-state index in [1.54, 1.807) is 0 Å². The molecule has 0 unspecified atom stereocenters. The highest BCUT2D eigenvalue weighted by Crippen LogP contribution is 2.37. The van der Waals surface area contributed by atoms with Crippen LogP contribution in [0.3, 0.4) is 0 Å². The van der Waals surface area contributed by atoms with Crippen LogP contribution in [0.1, 0.15) is 5.56 Å². The third-order valence-electron chi connectivity index (χ3n) is 7.24. The van der Waals surface area contributed by atoms with E-state index in [1.807, 2.05) is 18.2 Å². The summed E-state index contributed by atoms with van der Waals surface area (Å²) in [7, 11) is 0. The van der Waals surface area contributed by atoms with Gasteiger partial charge < -0.3 is 0 Å². The molecule has 1 nitrogen and oxygen atoms in total. The number of nitriles is 1. The van der Waals surface area contributed by atoms with E-state index in [0.717, 1.165) is 11.1 Å². The Balaban J connectivity index is 1.37. The number of benzene rings is 7. The van der Waals surface area contributed by atoms with Crippen molar-refractivity contribution in [3.63, 3.8) is 0 Å². The van der Waals surface area contributed by atoms with Crippen molar-refractivity contribution in [1.29, 1.82) is 5.26 Å². The second-order valence-electron chi connectivity index (χ2n) is 9.32. The number of fused-ring (bicyclic) bond motifs is 7. The van der Waals surface area contributed by atoms with E-state index < -0.39 is 0 Å². The molecule has 7 rings (SSSR count). The Morgan fingerprint density at radius 3 is 1.42 bits per heavy atom. The van der Waals surface area contributed by atoms with Gasteiger partial charge in [-0.1, -0.05) is 97.1 Å². The molecule has 36 heavy (non-hydrogen) atoms. The molecule has 0 heterocycles. The minimum atomic E-state index is 0.680. The molecule has 0 saturated carbocycles. The van der Waals surface area contributed by atoms with Gasteiger partial charge in [-0.15, -0.1) is 0 Å². The summed E-state index contributed by atoms with van der Waals surface area (Å²) in [6.45, 7) is 0. The molecule has 0 aliphatic rings. The lowest BCUT2D eigenvalue weighted by Crippen LogP contribution is -1.85. The Morgan fingerprint density at radius 2 is 0.833 bits per heavy atom. The van der Waals surface area contributed by atoms with Gasteiger partial charge in [0.2, 0.25) is 0 Å². The smallest absolute Gasteiger partial charge is 0.0991 e. The summed E-state index contributed by atoms with van der Waals surface area (Å²) >= 11 is 0. The van der Waals surface area contributed by atoms with Crippen molar-refractivity contribution in [2.75, 3.05) is 0 Å². The molecule has 7 aromatic rings. The molecular weight excluding hydrogens is 434 g/mol. The molecule has 0 saturated heterocycles. The zero-order valence-corrected chi connectivity index (χ0v) is 19.6. The number of hydrogen-bond acceptors (Lipinski definition) is 1. The summed E-state index contributed by atoms with van der Waals surface area (Å²) in [5, 5.41) is 19.4. The third-order valence-corrected chi connectivity index (χ3v) is 7.24. The molecular formula is C35H21N. The van der Waals surface area contributed by atoms with E-state index in [0.29, 0.717) is 5.56 Å². The maximum atomic E-state index is 9.25. The van der Waals surface area contributed by atoms with Crippen LogP contribution in [0.15, 0.2) is 127 Å². The van der Waals surface area contributed by atoms with Gasteiger partial charge in [0.15, 0.2) is 0 Å². The highest BCUT2D eigenvalue weighted by atomic mass is 14.2. The number of rotatable bonds is 2. The highest BCUT2D eigenvalue weighted by molar-refractivity contribution is 6.25. The van der Waals surface area contributed by atoms with Gasteiger partial charge in [0, 0.05) is 0 Å². The predicted octanol–water partition coefficient (Wildman–Crippen LogP) is 9.51. The van der Waals surface area contributed by atoms with E-state index in [-0.39, 0.29) is 0 Å². The fourth-order valence-corrected chi connectivity index (χ4v) is 5.46. The zero-order chi connectivity index (χ0) is 24.1. The lowest BCUT2D eigenvalue weighted by atomic mass is 9.91. The largest absolute Gasteiger partial charge is 0.192 e. The van der Waals surface area contributed by atoms with Crippen LogP contribution in [-0.4, -0.2) is 0 Å². The molecule has 0 radical (unpaired) electrons. The predicted molar refractivity (Wildman–Crippen MR) is 152 cm³/mol. The maximum Gasteiger partial charge on any atom is 0.0991 e. The third kappa shape index (κ3) is 3.24. The Morgan fingerprint density at radius 1 is 0.361 bits per heavy atom. The maximum absolute atomic E-state index is 9.25. The first kappa shape index (κ1) is 20.4. The lowest BCUT2D eigenvalue weighted by Gasteiger charge is -2.12. The molecule has 0 aliphatic carbocycles. The van der Waals surface area contributed by atoms with E-state index >= 15 is 0 Å². The quantitative estimate of drug-likeness (QED) is 0.238. The fraction of sp³-hybridized carbons (Fsp3) is 0. The van der Waals surface area contributed by atoms with Gasteiger partial charge >= 0.3 is 0 Å². The minimum absolute atomic E-state index is 0.680. The zero-order valence-electron chi connectivity index (χ0n) is 19.6. The average molecular weight is 456 g/mol. The highest BCUT2D eigenvalue weighted by Gasteiger charge is 2.10. The topological polar surface area (TPSA) is 23.8 Å². The van der Waals surface area contributed by atoms with Gasteiger partial charge in [0.1, 0.15) is 0 Å². The van der Waals surface area contributed by atoms with Crippen molar-refractivity contribution >= 4 is 43.1 Å². The standard InChI is InChI=1S/C35H21N/c36-22-23-6-5-7-24(18-23)25-12-13-27-20-28(15-14-26(27)19-25)29-16-17-34-32-10-2-1-8-30(32)31-9-3-4-11-33(31)35(34)21-29/h1-21H. The first-order valence-corrected chi connectivity index (χ1v) is 12.2. The van der Waals surface area contributed by atoms with Crippen molar-refractivity contribution in [3.05, 3.63) is 133 Å². The van der Waals surface area contributed by atoms with Gasteiger partial charge in [-0.3, -0.25) is 0 Å². The molecule has 7 aromatic carbocycles. The van der Waals surface area contributed by atoms with E-state index in [1.165, 1.54) is 54.2 Å². The molecule has 0 aromatic heterocycles. The van der Waals surface area contributed by atoms with Crippen molar-refractivity contribution in [3.8, 4) is 28.3 Å². The normalized spacial score (nSPS) is 11.3. The molecule has 0 aliphatic heterocycles. The SMILES string of the molecule is N#Cc1cccc(-c2ccc3cc(-c4ccc5c6ccccc6c6ccccc6c5c4)ccc3c2)c1. The number of nitrogens with zero attached hydrogens (tertiary/aromatic N) is 1. The van der Waals surface area contributed by atoms with Crippen molar-refractivity contribution in [2.45, 2.75) is 0 Å². The Labute approximate surface area is 209 Å². The number of hydrogen-bond donors (Lipinski definition) is 0. The molecule has 166 valence electrons. The van der Waals surface area contributed by atoms with Crippen molar-refractivity contribution < 1.29 is 0 Å². The lowest BCUT2D eigenvalue weighted by molar-refractivity contribution is 1.48. The van der Waals surface area contributed by atoms with Gasteiger partial charge in [0.25, 0.3) is 0 Å². The van der Waals surface area contributed by atoms with Crippen LogP contribution in [0.2, 0.25) is 0 Å². The minimum Gasteiger partial charge on any atom is -0.192 e. The monoisotopic (exact) mass is 455 g/mol. The Bertz CT molecular complexity index is 1970. The van der Waals surface area contributed by atoms with Crippen LogP contribution in [-0.2, 0) is 0 Å². The molecule has 1 heteroatoms. The Hall–Kier alpha value is -4.93. The van der Waals surface area contributed by atoms with Crippen LogP contribution in [0.25, 0.3) is 65.3 Å². The Kier molecular flexibility index (Phi) is 4.59. The summed E-state index contributed by atoms with van der Waals surface area (Å²) in [6, 6.07) is 47.5. The summed E-state index contributed by atoms with van der Waals surface area (Å²) in [4.78, 5) is 0. The average Bonchev–Trinajstić information content (AvgIpc) is 2.96. The van der Waals surface area contributed by atoms with Crippen molar-refractivity contribution in [1.82, 2.24) is 0 Å². The molecule has 0 spiro atoms. The van der Waals surface area contributed by atoms with Crippen LogP contribution in [0.4, 0.5) is 0 Å². The van der Waals surface area contributed by atoms with Crippen LogP contribution < -0.4 is 0 Å². The van der Waals surface area contributed by atoms with Crippen LogP contribution in [0.5, 0.6) is 0 Å². The first-order valence-electron chi connectivity index (χ1n) is 12.2. The fourth-order valence-electron chi connectivity index (χ4n) is 5.46. The summed E-state index contributed by atoms with van der Waals surface area (Å²) in [5.41, 5.74) is 5.29. The molecule has 0 fully saturated rings. The van der Waals surface area contributed by atoms with E-state index in [4.69, 9.17) is 0 Å². The molecule has 0 bridgehead atoms. The first-order chi connectivity index (χ1) is 17.8. The van der Waals surface area contributed by atoms with Crippen LogP contribution in [0, 0.1) is 11.3 Å².